The summed E-state index contributed by atoms with van der Waals surface area (Å²) in [6, 6.07) is 6.94. The summed E-state index contributed by atoms with van der Waals surface area (Å²) in [5.41, 5.74) is 1.56. The van der Waals surface area contributed by atoms with E-state index in [9.17, 15) is 24.3 Å². The highest BCUT2D eigenvalue weighted by Gasteiger charge is 2.41. The first-order valence-corrected chi connectivity index (χ1v) is 9.92. The zero-order chi connectivity index (χ0) is 22.0. The number of nitrogens with zero attached hydrogens (tertiary/aromatic N) is 1. The van der Waals surface area contributed by atoms with Gasteiger partial charge in [0.2, 0.25) is 0 Å². The number of rotatable bonds is 6. The summed E-state index contributed by atoms with van der Waals surface area (Å²) in [5, 5.41) is 8.62. The quantitative estimate of drug-likeness (QED) is 0.542. The van der Waals surface area contributed by atoms with Crippen LogP contribution in [-0.4, -0.2) is 45.7 Å². The topological polar surface area (TPSA) is 114 Å². The molecule has 1 N–H and O–H groups in total. The highest BCUT2D eigenvalue weighted by atomic mass is 32.2. The standard InChI is InChI=1S/C21H19NO7S/c1-4-28-20(26)12(3)22-18(23)17(30-21(22)27)10-14-7-8-16(29-14)15-9-13(19(24)25)6-5-11(15)2/h5-10,12H,4H2,1-3H3,(H,24,25)/b17-10+/t12-/m1/s1. The molecule has 3 rings (SSSR count). The van der Waals surface area contributed by atoms with Gasteiger partial charge in [-0.15, -0.1) is 0 Å². The van der Waals surface area contributed by atoms with Crippen molar-refractivity contribution in [3.05, 3.63) is 52.1 Å². The number of carbonyl (C=O) groups is 4. The fourth-order valence-corrected chi connectivity index (χ4v) is 3.80. The van der Waals surface area contributed by atoms with Gasteiger partial charge < -0.3 is 14.3 Å². The van der Waals surface area contributed by atoms with Gasteiger partial charge >= 0.3 is 11.9 Å². The number of amides is 2. The number of furan rings is 1. The monoisotopic (exact) mass is 429 g/mol. The maximum atomic E-state index is 12.6. The number of aryl methyl sites for hydroxylation is 1. The van der Waals surface area contributed by atoms with Crippen molar-refractivity contribution >= 4 is 40.9 Å². The number of imide groups is 1. The van der Waals surface area contributed by atoms with E-state index in [4.69, 9.17) is 9.15 Å². The zero-order valence-corrected chi connectivity index (χ0v) is 17.3. The molecule has 8 nitrogen and oxygen atoms in total. The second-order valence-corrected chi connectivity index (χ2v) is 7.51. The normalized spacial score (nSPS) is 16.2. The first-order chi connectivity index (χ1) is 14.2. The highest BCUT2D eigenvalue weighted by Crippen LogP contribution is 2.35. The molecule has 30 heavy (non-hydrogen) atoms. The van der Waals surface area contributed by atoms with E-state index < -0.39 is 29.1 Å². The van der Waals surface area contributed by atoms with Crippen LogP contribution in [0.5, 0.6) is 0 Å². The van der Waals surface area contributed by atoms with E-state index in [1.54, 1.807) is 25.1 Å². The first kappa shape index (κ1) is 21.4. The molecule has 1 atom stereocenters. The van der Waals surface area contributed by atoms with Gasteiger partial charge in [0.1, 0.15) is 17.6 Å². The van der Waals surface area contributed by atoms with Gasteiger partial charge in [-0.2, -0.15) is 0 Å². The SMILES string of the molecule is CCOC(=O)[C@@H](C)N1C(=O)S/C(=C/c2ccc(-c3cc(C(=O)O)ccc3C)o2)C1=O. The van der Waals surface area contributed by atoms with Gasteiger partial charge in [0.15, 0.2) is 0 Å². The Kier molecular flexibility index (Phi) is 6.12. The molecule has 0 saturated carbocycles. The molecule has 1 fully saturated rings. The predicted octanol–water partition coefficient (Wildman–Crippen LogP) is 3.94. The van der Waals surface area contributed by atoms with Gasteiger partial charge in [-0.05, 0) is 62.4 Å². The third kappa shape index (κ3) is 4.16. The van der Waals surface area contributed by atoms with Crippen LogP contribution >= 0.6 is 11.8 Å². The summed E-state index contributed by atoms with van der Waals surface area (Å²) in [7, 11) is 0. The molecule has 0 aliphatic carbocycles. The minimum absolute atomic E-state index is 0.119. The molecule has 1 aromatic carbocycles. The number of hydrogen-bond donors (Lipinski definition) is 1. The molecule has 2 heterocycles. The molecule has 1 aliphatic heterocycles. The van der Waals surface area contributed by atoms with Crippen LogP contribution < -0.4 is 0 Å². The summed E-state index contributed by atoms with van der Waals surface area (Å²) < 4.78 is 10.6. The van der Waals surface area contributed by atoms with Crippen LogP contribution in [0.1, 0.15) is 35.5 Å². The summed E-state index contributed by atoms with van der Waals surface area (Å²) in [6.07, 6.45) is 1.42. The fraction of sp³-hybridized carbons (Fsp3) is 0.238. The third-order valence-corrected chi connectivity index (χ3v) is 5.37. The van der Waals surface area contributed by atoms with Crippen LogP contribution in [0, 0.1) is 6.92 Å². The maximum absolute atomic E-state index is 12.6. The van der Waals surface area contributed by atoms with Gasteiger partial charge in [-0.1, -0.05) is 6.07 Å². The highest BCUT2D eigenvalue weighted by molar-refractivity contribution is 8.18. The van der Waals surface area contributed by atoms with Crippen LogP contribution in [0.4, 0.5) is 4.79 Å². The van der Waals surface area contributed by atoms with Crippen LogP contribution in [0.15, 0.2) is 39.7 Å². The van der Waals surface area contributed by atoms with Crippen molar-refractivity contribution in [3.63, 3.8) is 0 Å². The summed E-state index contributed by atoms with van der Waals surface area (Å²) in [6.45, 7) is 5.04. The second-order valence-electron chi connectivity index (χ2n) is 6.52. The van der Waals surface area contributed by atoms with Gasteiger partial charge in [-0.25, -0.2) is 9.59 Å². The number of carboxylic acid groups (broad SMARTS) is 1. The van der Waals surface area contributed by atoms with E-state index in [0.29, 0.717) is 28.8 Å². The van der Waals surface area contributed by atoms with E-state index >= 15 is 0 Å². The number of carboxylic acids is 1. The Morgan fingerprint density at radius 1 is 1.27 bits per heavy atom. The molecule has 2 aromatic rings. The van der Waals surface area contributed by atoms with E-state index in [2.05, 4.69) is 0 Å². The maximum Gasteiger partial charge on any atom is 0.335 e. The Bertz CT molecular complexity index is 1070. The molecule has 1 aromatic heterocycles. The van der Waals surface area contributed by atoms with Crippen LogP contribution in [0.2, 0.25) is 0 Å². The largest absolute Gasteiger partial charge is 0.478 e. The minimum atomic E-state index is -1.05. The van der Waals surface area contributed by atoms with Gasteiger partial charge in [0.25, 0.3) is 11.1 Å². The lowest BCUT2D eigenvalue weighted by molar-refractivity contribution is -0.150. The van der Waals surface area contributed by atoms with Crippen LogP contribution in [0.3, 0.4) is 0 Å². The Hall–Kier alpha value is -3.33. The zero-order valence-electron chi connectivity index (χ0n) is 16.5. The molecule has 1 saturated heterocycles. The van der Waals surface area contributed by atoms with Gasteiger partial charge in [0.05, 0.1) is 17.1 Å². The van der Waals surface area contributed by atoms with Crippen molar-refractivity contribution in [1.29, 1.82) is 0 Å². The number of aromatic carboxylic acids is 1. The molecule has 1 aliphatic rings. The average Bonchev–Trinajstić information content (AvgIpc) is 3.26. The molecule has 0 radical (unpaired) electrons. The number of ether oxygens (including phenoxy) is 1. The van der Waals surface area contributed by atoms with Crippen molar-refractivity contribution in [2.45, 2.75) is 26.8 Å². The Morgan fingerprint density at radius 2 is 2.00 bits per heavy atom. The second kappa shape index (κ2) is 8.58. The Morgan fingerprint density at radius 3 is 2.67 bits per heavy atom. The smallest absolute Gasteiger partial charge is 0.335 e. The lowest BCUT2D eigenvalue weighted by Gasteiger charge is -2.19. The van der Waals surface area contributed by atoms with Crippen molar-refractivity contribution in [2.24, 2.45) is 0 Å². The van der Waals surface area contributed by atoms with E-state index in [-0.39, 0.29) is 17.1 Å². The van der Waals surface area contributed by atoms with E-state index in [1.807, 2.05) is 6.92 Å². The van der Waals surface area contributed by atoms with Gasteiger partial charge in [0, 0.05) is 11.6 Å². The lowest BCUT2D eigenvalue weighted by atomic mass is 10.0. The van der Waals surface area contributed by atoms with Crippen molar-refractivity contribution in [3.8, 4) is 11.3 Å². The molecule has 156 valence electrons. The van der Waals surface area contributed by atoms with Crippen LogP contribution in [-0.2, 0) is 14.3 Å². The van der Waals surface area contributed by atoms with Gasteiger partial charge in [-0.3, -0.25) is 14.5 Å². The van der Waals surface area contributed by atoms with E-state index in [1.165, 1.54) is 25.1 Å². The van der Waals surface area contributed by atoms with Crippen LogP contribution in [0.25, 0.3) is 17.4 Å². The summed E-state index contributed by atoms with van der Waals surface area (Å²) in [5.74, 6) is -1.56. The molecular formula is C21H19NO7S. The molecule has 9 heteroatoms. The lowest BCUT2D eigenvalue weighted by Crippen LogP contribution is -2.42. The van der Waals surface area contributed by atoms with E-state index in [0.717, 1.165) is 10.5 Å². The van der Waals surface area contributed by atoms with Crippen molar-refractivity contribution in [1.82, 2.24) is 4.90 Å². The number of carbonyl (C=O) groups excluding carboxylic acids is 3. The van der Waals surface area contributed by atoms with Crippen molar-refractivity contribution in [2.75, 3.05) is 6.61 Å². The fourth-order valence-electron chi connectivity index (χ4n) is 2.91. The predicted molar refractivity (Wildman–Crippen MR) is 110 cm³/mol. The summed E-state index contributed by atoms with van der Waals surface area (Å²) >= 11 is 0.708. The number of benzene rings is 1. The molecule has 0 bridgehead atoms. The Balaban J connectivity index is 1.86. The average molecular weight is 429 g/mol. The van der Waals surface area contributed by atoms with Crippen molar-refractivity contribution < 1.29 is 33.4 Å². The molecule has 0 spiro atoms. The molecular weight excluding hydrogens is 410 g/mol. The number of hydrogen-bond acceptors (Lipinski definition) is 7. The molecule has 0 unspecified atom stereocenters. The minimum Gasteiger partial charge on any atom is -0.478 e. The number of esters is 1. The molecule has 2 amide bonds. The number of thioether (sulfide) groups is 1. The first-order valence-electron chi connectivity index (χ1n) is 9.10. The third-order valence-electron chi connectivity index (χ3n) is 4.49. The Labute approximate surface area is 176 Å². The summed E-state index contributed by atoms with van der Waals surface area (Å²) in [4.78, 5) is 49.0.